The first-order valence-corrected chi connectivity index (χ1v) is 7.48. The van der Waals surface area contributed by atoms with E-state index in [1.54, 1.807) is 37.3 Å². The molecule has 0 fully saturated rings. The smallest absolute Gasteiger partial charge is 0.335 e. The number of hydrogen-bond acceptors (Lipinski definition) is 5. The second kappa shape index (κ2) is 6.96. The van der Waals surface area contributed by atoms with Crippen molar-refractivity contribution < 1.29 is 14.3 Å². The average molecular weight is 338 g/mol. The Labute approximate surface area is 143 Å². The topological polar surface area (TPSA) is 87.1 Å². The first-order valence-electron chi connectivity index (χ1n) is 7.48. The molecule has 0 unspecified atom stereocenters. The molecule has 0 aliphatic rings. The number of nitrogens with one attached hydrogen (secondary N) is 2. The molecular weight excluding hydrogens is 323 g/mol. The minimum absolute atomic E-state index is 0.181. The van der Waals surface area contributed by atoms with E-state index >= 15 is 0 Å². The molecule has 0 amide bonds. The van der Waals surface area contributed by atoms with E-state index < -0.39 is 5.97 Å². The maximum Gasteiger partial charge on any atom is 0.335 e. The second-order valence-corrected chi connectivity index (χ2v) is 5.33. The van der Waals surface area contributed by atoms with Gasteiger partial charge in [0.05, 0.1) is 5.56 Å². The predicted octanol–water partition coefficient (Wildman–Crippen LogP) is 4.11. The van der Waals surface area contributed by atoms with Gasteiger partial charge in [0.15, 0.2) is 0 Å². The minimum atomic E-state index is -0.999. The van der Waals surface area contributed by atoms with Gasteiger partial charge in [0, 0.05) is 17.4 Å². The zero-order valence-electron chi connectivity index (χ0n) is 13.3. The molecule has 25 heavy (non-hydrogen) atoms. The second-order valence-electron chi connectivity index (χ2n) is 5.33. The summed E-state index contributed by atoms with van der Waals surface area (Å²) in [5.74, 6) is 0.269. The molecule has 0 saturated heterocycles. The Bertz CT molecular complexity index is 913. The highest BCUT2D eigenvalue weighted by atomic mass is 19.1. The average Bonchev–Trinajstić information content (AvgIpc) is 2.57. The Balaban J connectivity index is 1.83. The third-order valence-corrected chi connectivity index (χ3v) is 3.34. The standard InChI is InChI=1S/C18H15FN4O2/c1-11-20-16(22-14-7-5-13(19)6-8-14)10-17(21-11)23-15-4-2-3-12(9-15)18(24)25/h2-10H,1H3,(H,24,25)(H2,20,21,22,23). The van der Waals surface area contributed by atoms with Gasteiger partial charge in [0.25, 0.3) is 0 Å². The molecule has 2 aromatic carbocycles. The number of anilines is 4. The van der Waals surface area contributed by atoms with E-state index in [1.807, 2.05) is 0 Å². The van der Waals surface area contributed by atoms with Crippen LogP contribution in [0, 0.1) is 12.7 Å². The first-order chi connectivity index (χ1) is 12.0. The monoisotopic (exact) mass is 338 g/mol. The van der Waals surface area contributed by atoms with E-state index in [9.17, 15) is 9.18 Å². The third-order valence-electron chi connectivity index (χ3n) is 3.34. The normalized spacial score (nSPS) is 10.3. The molecule has 0 saturated carbocycles. The summed E-state index contributed by atoms with van der Waals surface area (Å²) in [5.41, 5.74) is 1.48. The van der Waals surface area contributed by atoms with Crippen LogP contribution in [0.25, 0.3) is 0 Å². The van der Waals surface area contributed by atoms with Crippen LogP contribution in [0.3, 0.4) is 0 Å². The van der Waals surface area contributed by atoms with Crippen LogP contribution in [0.5, 0.6) is 0 Å². The van der Waals surface area contributed by atoms with Crippen LogP contribution in [0.15, 0.2) is 54.6 Å². The summed E-state index contributed by atoms with van der Waals surface area (Å²) in [7, 11) is 0. The van der Waals surface area contributed by atoms with Gasteiger partial charge < -0.3 is 15.7 Å². The summed E-state index contributed by atoms with van der Waals surface area (Å²) in [4.78, 5) is 19.6. The van der Waals surface area contributed by atoms with E-state index in [0.29, 0.717) is 28.8 Å². The zero-order valence-corrected chi connectivity index (χ0v) is 13.3. The number of aromatic carboxylic acids is 1. The van der Waals surface area contributed by atoms with Crippen LogP contribution >= 0.6 is 0 Å². The number of nitrogens with zero attached hydrogens (tertiary/aromatic N) is 2. The number of carboxylic acid groups (broad SMARTS) is 1. The van der Waals surface area contributed by atoms with E-state index in [-0.39, 0.29) is 11.4 Å². The summed E-state index contributed by atoms with van der Waals surface area (Å²) >= 11 is 0. The number of rotatable bonds is 5. The van der Waals surface area contributed by atoms with Crippen LogP contribution in [0.4, 0.5) is 27.4 Å². The van der Waals surface area contributed by atoms with E-state index in [4.69, 9.17) is 5.11 Å². The summed E-state index contributed by atoms with van der Waals surface area (Å²) in [6.07, 6.45) is 0. The van der Waals surface area contributed by atoms with Gasteiger partial charge in [-0.25, -0.2) is 19.2 Å². The molecule has 1 aromatic heterocycles. The number of aromatic nitrogens is 2. The van der Waals surface area contributed by atoms with Crippen LogP contribution in [-0.4, -0.2) is 21.0 Å². The molecule has 0 bridgehead atoms. The number of aryl methyl sites for hydroxylation is 1. The molecule has 0 spiro atoms. The quantitative estimate of drug-likeness (QED) is 0.649. The number of carbonyl (C=O) groups is 1. The highest BCUT2D eigenvalue weighted by Crippen LogP contribution is 2.21. The summed E-state index contributed by atoms with van der Waals surface area (Å²) in [6, 6.07) is 14.0. The Morgan fingerprint density at radius 1 is 0.960 bits per heavy atom. The fourth-order valence-corrected chi connectivity index (χ4v) is 2.25. The Kier molecular flexibility index (Phi) is 4.56. The van der Waals surface area contributed by atoms with Gasteiger partial charge in [0.1, 0.15) is 23.3 Å². The molecule has 0 atom stereocenters. The van der Waals surface area contributed by atoms with E-state index in [1.165, 1.54) is 24.3 Å². The number of carboxylic acids is 1. The Morgan fingerprint density at radius 2 is 1.60 bits per heavy atom. The number of halogens is 1. The molecule has 3 rings (SSSR count). The summed E-state index contributed by atoms with van der Waals surface area (Å²) in [6.45, 7) is 1.74. The summed E-state index contributed by atoms with van der Waals surface area (Å²) < 4.78 is 13.0. The molecule has 3 aromatic rings. The zero-order chi connectivity index (χ0) is 17.8. The Morgan fingerprint density at radius 3 is 2.24 bits per heavy atom. The molecule has 7 heteroatoms. The SMILES string of the molecule is Cc1nc(Nc2ccc(F)cc2)cc(Nc2cccc(C(=O)O)c2)n1. The van der Waals surface area contributed by atoms with Crippen molar-refractivity contribution in [1.82, 2.24) is 9.97 Å². The van der Waals surface area contributed by atoms with Crippen LogP contribution in [0.1, 0.15) is 16.2 Å². The minimum Gasteiger partial charge on any atom is -0.478 e. The van der Waals surface area contributed by atoms with Crippen molar-refractivity contribution in [3.63, 3.8) is 0 Å². The van der Waals surface area contributed by atoms with Crippen LogP contribution < -0.4 is 10.6 Å². The van der Waals surface area contributed by atoms with Crippen LogP contribution in [-0.2, 0) is 0 Å². The lowest BCUT2D eigenvalue weighted by Gasteiger charge is -2.10. The molecule has 1 heterocycles. The number of benzene rings is 2. The van der Waals surface area contributed by atoms with Crippen molar-refractivity contribution in [1.29, 1.82) is 0 Å². The van der Waals surface area contributed by atoms with Gasteiger partial charge in [-0.15, -0.1) is 0 Å². The van der Waals surface area contributed by atoms with E-state index in [0.717, 1.165) is 0 Å². The van der Waals surface area contributed by atoms with Gasteiger partial charge in [-0.2, -0.15) is 0 Å². The maximum absolute atomic E-state index is 13.0. The molecular formula is C18H15FN4O2. The lowest BCUT2D eigenvalue weighted by Crippen LogP contribution is -2.02. The lowest BCUT2D eigenvalue weighted by molar-refractivity contribution is 0.0697. The van der Waals surface area contributed by atoms with Gasteiger partial charge in [-0.3, -0.25) is 0 Å². The summed E-state index contributed by atoms with van der Waals surface area (Å²) in [5, 5.41) is 15.2. The molecule has 126 valence electrons. The highest BCUT2D eigenvalue weighted by molar-refractivity contribution is 5.89. The molecule has 6 nitrogen and oxygen atoms in total. The number of hydrogen-bond donors (Lipinski definition) is 3. The fourth-order valence-electron chi connectivity index (χ4n) is 2.25. The van der Waals surface area contributed by atoms with Gasteiger partial charge >= 0.3 is 5.97 Å². The van der Waals surface area contributed by atoms with Crippen molar-refractivity contribution in [3.8, 4) is 0 Å². The van der Waals surface area contributed by atoms with Crippen molar-refractivity contribution in [2.75, 3.05) is 10.6 Å². The van der Waals surface area contributed by atoms with Gasteiger partial charge in [0.2, 0.25) is 0 Å². The van der Waals surface area contributed by atoms with Crippen molar-refractivity contribution in [2.45, 2.75) is 6.92 Å². The van der Waals surface area contributed by atoms with Crippen molar-refractivity contribution in [2.24, 2.45) is 0 Å². The molecule has 0 aliphatic carbocycles. The largest absolute Gasteiger partial charge is 0.478 e. The maximum atomic E-state index is 13.0. The van der Waals surface area contributed by atoms with Crippen molar-refractivity contribution in [3.05, 3.63) is 71.8 Å². The van der Waals surface area contributed by atoms with Crippen molar-refractivity contribution >= 4 is 29.0 Å². The predicted molar refractivity (Wildman–Crippen MR) is 93.1 cm³/mol. The molecule has 3 N–H and O–H groups in total. The first kappa shape index (κ1) is 16.4. The van der Waals surface area contributed by atoms with E-state index in [2.05, 4.69) is 20.6 Å². The highest BCUT2D eigenvalue weighted by Gasteiger charge is 2.06. The Hall–Kier alpha value is -3.48. The fraction of sp³-hybridized carbons (Fsp3) is 0.0556. The van der Waals surface area contributed by atoms with Gasteiger partial charge in [-0.1, -0.05) is 6.07 Å². The van der Waals surface area contributed by atoms with Gasteiger partial charge in [-0.05, 0) is 49.4 Å². The third kappa shape index (κ3) is 4.29. The van der Waals surface area contributed by atoms with Crippen LogP contribution in [0.2, 0.25) is 0 Å². The lowest BCUT2D eigenvalue weighted by atomic mass is 10.2. The molecule has 0 radical (unpaired) electrons. The molecule has 0 aliphatic heterocycles.